The molecular formula is C20H14ClNO3S. The van der Waals surface area contributed by atoms with Crippen LogP contribution < -0.4 is 4.74 Å². The van der Waals surface area contributed by atoms with E-state index in [0.717, 1.165) is 10.8 Å². The summed E-state index contributed by atoms with van der Waals surface area (Å²) in [5.41, 5.74) is 0.541. The molecular weight excluding hydrogens is 370 g/mol. The van der Waals surface area contributed by atoms with E-state index in [1.165, 1.54) is 37.5 Å². The van der Waals surface area contributed by atoms with Gasteiger partial charge >= 0.3 is 0 Å². The molecule has 3 aromatic carbocycles. The van der Waals surface area contributed by atoms with E-state index >= 15 is 0 Å². The minimum absolute atomic E-state index is 0.00824. The van der Waals surface area contributed by atoms with Crippen molar-refractivity contribution in [3.05, 3.63) is 76.2 Å². The predicted octanol–water partition coefficient (Wildman–Crippen LogP) is 4.84. The summed E-state index contributed by atoms with van der Waals surface area (Å²) in [6, 6.07) is 18.6. The van der Waals surface area contributed by atoms with Crippen LogP contribution in [0.15, 0.2) is 70.5 Å². The third kappa shape index (κ3) is 3.30. The van der Waals surface area contributed by atoms with Gasteiger partial charge < -0.3 is 4.74 Å². The molecule has 0 aliphatic heterocycles. The van der Waals surface area contributed by atoms with Crippen molar-refractivity contribution >= 4 is 38.3 Å². The summed E-state index contributed by atoms with van der Waals surface area (Å²) in [7, 11) is -2.47. The van der Waals surface area contributed by atoms with Crippen LogP contribution in [0.4, 0.5) is 0 Å². The fourth-order valence-corrected chi connectivity index (χ4v) is 3.91. The number of allylic oxidation sites excluding steroid dienone is 1. The Morgan fingerprint density at radius 1 is 1.08 bits per heavy atom. The number of methoxy groups -OCH3 is 1. The van der Waals surface area contributed by atoms with Crippen LogP contribution >= 0.6 is 11.6 Å². The van der Waals surface area contributed by atoms with Crippen molar-refractivity contribution in [1.82, 2.24) is 0 Å². The standard InChI is InChI=1S/C20H14ClNO3S/c1-25-20-11-6-14-4-2-3-5-18(14)19(20)12-17(13-22)26(23,24)16-9-7-15(21)8-10-16/h2-12H,1H3. The second kappa shape index (κ2) is 7.20. The quantitative estimate of drug-likeness (QED) is 0.604. The van der Waals surface area contributed by atoms with Crippen molar-refractivity contribution in [2.24, 2.45) is 0 Å². The first-order chi connectivity index (χ1) is 12.5. The molecule has 0 aliphatic carbocycles. The van der Waals surface area contributed by atoms with E-state index in [1.54, 1.807) is 12.1 Å². The van der Waals surface area contributed by atoms with Gasteiger partial charge in [-0.2, -0.15) is 5.26 Å². The Morgan fingerprint density at radius 3 is 2.42 bits per heavy atom. The highest BCUT2D eigenvalue weighted by Crippen LogP contribution is 2.32. The summed E-state index contributed by atoms with van der Waals surface area (Å²) in [5.74, 6) is 0.489. The molecule has 6 heteroatoms. The molecule has 130 valence electrons. The monoisotopic (exact) mass is 383 g/mol. The Bertz CT molecular complexity index is 1140. The average molecular weight is 384 g/mol. The first-order valence-electron chi connectivity index (χ1n) is 7.65. The predicted molar refractivity (Wildman–Crippen MR) is 103 cm³/mol. The van der Waals surface area contributed by atoms with Crippen molar-refractivity contribution in [3.8, 4) is 11.8 Å². The Balaban J connectivity index is 2.23. The van der Waals surface area contributed by atoms with E-state index in [-0.39, 0.29) is 9.80 Å². The molecule has 0 radical (unpaired) electrons. The molecule has 0 unspecified atom stereocenters. The third-order valence-electron chi connectivity index (χ3n) is 3.95. The van der Waals surface area contributed by atoms with E-state index in [2.05, 4.69) is 0 Å². The second-order valence-electron chi connectivity index (χ2n) is 5.48. The van der Waals surface area contributed by atoms with Gasteiger partial charge in [0.1, 0.15) is 16.7 Å². The number of rotatable bonds is 4. The molecule has 0 heterocycles. The first-order valence-corrected chi connectivity index (χ1v) is 9.51. The number of nitriles is 1. The lowest BCUT2D eigenvalue weighted by atomic mass is 10.0. The fourth-order valence-electron chi connectivity index (χ4n) is 2.64. The van der Waals surface area contributed by atoms with Gasteiger partial charge in [0.2, 0.25) is 9.84 Å². The van der Waals surface area contributed by atoms with E-state index in [0.29, 0.717) is 16.3 Å². The fraction of sp³-hybridized carbons (Fsp3) is 0.0500. The van der Waals surface area contributed by atoms with Crippen molar-refractivity contribution in [2.75, 3.05) is 7.11 Å². The summed E-state index contributed by atoms with van der Waals surface area (Å²) < 4.78 is 31.0. The second-order valence-corrected chi connectivity index (χ2v) is 7.83. The number of fused-ring (bicyclic) bond motifs is 1. The number of hydrogen-bond donors (Lipinski definition) is 0. The van der Waals surface area contributed by atoms with Gasteiger partial charge in [0.15, 0.2) is 0 Å². The van der Waals surface area contributed by atoms with Crippen LogP contribution in [-0.4, -0.2) is 15.5 Å². The molecule has 0 saturated heterocycles. The molecule has 0 amide bonds. The Morgan fingerprint density at radius 2 is 1.77 bits per heavy atom. The topological polar surface area (TPSA) is 67.2 Å². The number of halogens is 1. The highest BCUT2D eigenvalue weighted by molar-refractivity contribution is 7.95. The van der Waals surface area contributed by atoms with E-state index in [4.69, 9.17) is 16.3 Å². The van der Waals surface area contributed by atoms with Gasteiger partial charge in [-0.1, -0.05) is 41.9 Å². The lowest BCUT2D eigenvalue weighted by molar-refractivity contribution is 0.414. The highest BCUT2D eigenvalue weighted by atomic mass is 35.5. The van der Waals surface area contributed by atoms with Crippen LogP contribution in [0, 0.1) is 11.3 Å². The van der Waals surface area contributed by atoms with E-state index in [9.17, 15) is 13.7 Å². The van der Waals surface area contributed by atoms with E-state index < -0.39 is 9.84 Å². The Kier molecular flexibility index (Phi) is 4.99. The Labute approximate surface area is 156 Å². The molecule has 3 rings (SSSR count). The van der Waals surface area contributed by atoms with Crippen molar-refractivity contribution in [1.29, 1.82) is 5.26 Å². The first kappa shape index (κ1) is 18.0. The zero-order valence-electron chi connectivity index (χ0n) is 13.8. The lowest BCUT2D eigenvalue weighted by Gasteiger charge is -2.10. The molecule has 4 nitrogen and oxygen atoms in total. The maximum atomic E-state index is 12.8. The highest BCUT2D eigenvalue weighted by Gasteiger charge is 2.22. The van der Waals surface area contributed by atoms with Gasteiger partial charge in [0, 0.05) is 10.6 Å². The average Bonchev–Trinajstić information content (AvgIpc) is 2.66. The van der Waals surface area contributed by atoms with E-state index in [1.807, 2.05) is 30.3 Å². The van der Waals surface area contributed by atoms with Gasteiger partial charge in [-0.25, -0.2) is 8.42 Å². The van der Waals surface area contributed by atoms with Crippen LogP contribution in [0.1, 0.15) is 5.56 Å². The molecule has 0 fully saturated rings. The van der Waals surface area contributed by atoms with Crippen molar-refractivity contribution < 1.29 is 13.2 Å². The lowest BCUT2D eigenvalue weighted by Crippen LogP contribution is -2.03. The van der Waals surface area contributed by atoms with Crippen LogP contribution in [0.3, 0.4) is 0 Å². The van der Waals surface area contributed by atoms with Crippen molar-refractivity contribution in [3.63, 3.8) is 0 Å². The van der Waals surface area contributed by atoms with Crippen molar-refractivity contribution in [2.45, 2.75) is 4.90 Å². The van der Waals surface area contributed by atoms with Crippen LogP contribution in [0.25, 0.3) is 16.8 Å². The minimum atomic E-state index is -3.97. The molecule has 3 aromatic rings. The maximum Gasteiger partial charge on any atom is 0.216 e. The number of nitrogens with zero attached hydrogens (tertiary/aromatic N) is 1. The van der Waals surface area contributed by atoms with Crippen LogP contribution in [0.2, 0.25) is 5.02 Å². The molecule has 0 aromatic heterocycles. The molecule has 0 atom stereocenters. The summed E-state index contributed by atoms with van der Waals surface area (Å²) in [4.78, 5) is -0.358. The summed E-state index contributed by atoms with van der Waals surface area (Å²) in [6.45, 7) is 0. The zero-order valence-corrected chi connectivity index (χ0v) is 15.4. The number of ether oxygens (including phenoxy) is 1. The van der Waals surface area contributed by atoms with Gasteiger partial charge in [-0.3, -0.25) is 0 Å². The number of hydrogen-bond acceptors (Lipinski definition) is 4. The SMILES string of the molecule is COc1ccc2ccccc2c1C=C(C#N)S(=O)(=O)c1ccc(Cl)cc1. The molecule has 26 heavy (non-hydrogen) atoms. The van der Waals surface area contributed by atoms with Gasteiger partial charge in [0.05, 0.1) is 12.0 Å². The van der Waals surface area contributed by atoms with Crippen LogP contribution in [0.5, 0.6) is 5.75 Å². The molecule has 0 spiro atoms. The minimum Gasteiger partial charge on any atom is -0.496 e. The molecule has 0 saturated carbocycles. The molecule has 0 bridgehead atoms. The van der Waals surface area contributed by atoms with Gasteiger partial charge in [-0.15, -0.1) is 0 Å². The van der Waals surface area contributed by atoms with Crippen LogP contribution in [-0.2, 0) is 9.84 Å². The number of benzene rings is 3. The summed E-state index contributed by atoms with van der Waals surface area (Å²) >= 11 is 5.82. The normalized spacial score (nSPS) is 12.0. The zero-order chi connectivity index (χ0) is 18.7. The molecule has 0 N–H and O–H groups in total. The smallest absolute Gasteiger partial charge is 0.216 e. The summed E-state index contributed by atoms with van der Waals surface area (Å²) in [5, 5.41) is 11.6. The Hall–Kier alpha value is -2.81. The summed E-state index contributed by atoms with van der Waals surface area (Å²) in [6.07, 6.45) is 1.35. The maximum absolute atomic E-state index is 12.8. The molecule has 0 aliphatic rings. The largest absolute Gasteiger partial charge is 0.496 e. The van der Waals surface area contributed by atoms with Gasteiger partial charge in [0.25, 0.3) is 0 Å². The number of sulfone groups is 1. The third-order valence-corrected chi connectivity index (χ3v) is 5.88. The van der Waals surface area contributed by atoms with Gasteiger partial charge in [-0.05, 0) is 47.2 Å².